The van der Waals surface area contributed by atoms with Crippen molar-refractivity contribution in [3.05, 3.63) is 42.0 Å². The van der Waals surface area contributed by atoms with Crippen LogP contribution < -0.4 is 0 Å². The van der Waals surface area contributed by atoms with Crippen LogP contribution in [0.3, 0.4) is 0 Å². The zero-order valence-electron chi connectivity index (χ0n) is 12.5. The van der Waals surface area contributed by atoms with Gasteiger partial charge in [0.15, 0.2) is 5.78 Å². The normalized spacial score (nSPS) is 20.6. The van der Waals surface area contributed by atoms with Crippen LogP contribution in [0.5, 0.6) is 0 Å². The van der Waals surface area contributed by atoms with E-state index in [0.717, 1.165) is 24.2 Å². The van der Waals surface area contributed by atoms with Gasteiger partial charge in [0.1, 0.15) is 0 Å². The van der Waals surface area contributed by atoms with Crippen molar-refractivity contribution in [1.29, 1.82) is 0 Å². The van der Waals surface area contributed by atoms with Crippen molar-refractivity contribution in [1.82, 2.24) is 0 Å². The van der Waals surface area contributed by atoms with Crippen molar-refractivity contribution in [3.63, 3.8) is 0 Å². The molecule has 1 aliphatic carbocycles. The summed E-state index contributed by atoms with van der Waals surface area (Å²) in [6.07, 6.45) is 6.41. The molecule has 0 aromatic heterocycles. The van der Waals surface area contributed by atoms with Crippen molar-refractivity contribution in [3.8, 4) is 0 Å². The Bertz CT molecular complexity index is 464. The fourth-order valence-electron chi connectivity index (χ4n) is 2.83. The van der Waals surface area contributed by atoms with E-state index in [-0.39, 0.29) is 0 Å². The Morgan fingerprint density at radius 3 is 2.70 bits per heavy atom. The molecule has 108 valence electrons. The van der Waals surface area contributed by atoms with Gasteiger partial charge in [-0.1, -0.05) is 37.6 Å². The molecule has 1 aliphatic rings. The van der Waals surface area contributed by atoms with Crippen LogP contribution in [0.4, 0.5) is 0 Å². The molecule has 2 unspecified atom stereocenters. The van der Waals surface area contributed by atoms with Crippen LogP contribution in [0.2, 0.25) is 0 Å². The topological polar surface area (TPSA) is 17.1 Å². The fraction of sp³-hybridized carbons (Fsp3) is 0.500. The highest BCUT2D eigenvalue weighted by atomic mass is 32.2. The van der Waals surface area contributed by atoms with Crippen LogP contribution in [-0.4, -0.2) is 11.5 Å². The minimum Gasteiger partial charge on any atom is -0.295 e. The summed E-state index contributed by atoms with van der Waals surface area (Å²) in [6, 6.07) is 10.6. The lowest BCUT2D eigenvalue weighted by atomic mass is 9.79. The summed E-state index contributed by atoms with van der Waals surface area (Å²) in [5.41, 5.74) is 0.965. The molecule has 0 saturated carbocycles. The molecule has 1 nitrogen and oxygen atoms in total. The lowest BCUT2D eigenvalue weighted by Crippen LogP contribution is -2.23. The molecule has 0 saturated heterocycles. The van der Waals surface area contributed by atoms with Crippen LogP contribution in [0.1, 0.15) is 39.5 Å². The average Bonchev–Trinajstić information content (AvgIpc) is 2.47. The number of hydrogen-bond donors (Lipinski definition) is 0. The van der Waals surface area contributed by atoms with E-state index in [1.165, 1.54) is 17.7 Å². The highest BCUT2D eigenvalue weighted by Gasteiger charge is 2.26. The minimum absolute atomic E-state index is 0.354. The van der Waals surface area contributed by atoms with Gasteiger partial charge in [-0.15, -0.1) is 11.8 Å². The first-order valence-corrected chi connectivity index (χ1v) is 8.57. The molecule has 2 heteroatoms. The van der Waals surface area contributed by atoms with E-state index < -0.39 is 0 Å². The van der Waals surface area contributed by atoms with Gasteiger partial charge in [0, 0.05) is 17.1 Å². The van der Waals surface area contributed by atoms with Gasteiger partial charge in [0.2, 0.25) is 0 Å². The molecule has 0 N–H and O–H groups in total. The molecule has 0 bridgehead atoms. The smallest absolute Gasteiger partial charge is 0.158 e. The monoisotopic (exact) mass is 288 g/mol. The van der Waals surface area contributed by atoms with E-state index in [1.54, 1.807) is 0 Å². The number of benzene rings is 1. The van der Waals surface area contributed by atoms with Gasteiger partial charge in [0.25, 0.3) is 0 Å². The van der Waals surface area contributed by atoms with Gasteiger partial charge in [-0.05, 0) is 49.3 Å². The fourth-order valence-corrected chi connectivity index (χ4v) is 4.02. The quantitative estimate of drug-likeness (QED) is 0.676. The van der Waals surface area contributed by atoms with Crippen molar-refractivity contribution in [2.24, 2.45) is 11.8 Å². The summed E-state index contributed by atoms with van der Waals surface area (Å²) in [5.74, 6) is 2.68. The van der Waals surface area contributed by atoms with E-state index in [0.29, 0.717) is 17.6 Å². The predicted octanol–water partition coefficient (Wildman–Crippen LogP) is 5.12. The van der Waals surface area contributed by atoms with E-state index in [9.17, 15) is 4.79 Å². The highest BCUT2D eigenvalue weighted by molar-refractivity contribution is 7.99. The summed E-state index contributed by atoms with van der Waals surface area (Å²) >= 11 is 1.93. The lowest BCUT2D eigenvalue weighted by Gasteiger charge is -2.28. The Morgan fingerprint density at radius 2 is 2.05 bits per heavy atom. The summed E-state index contributed by atoms with van der Waals surface area (Å²) < 4.78 is 0. The number of thioether (sulfide) groups is 1. The minimum atomic E-state index is 0.354. The molecule has 0 radical (unpaired) electrons. The van der Waals surface area contributed by atoms with Gasteiger partial charge in [-0.3, -0.25) is 4.79 Å². The molecule has 0 amide bonds. The number of ketones is 1. The van der Waals surface area contributed by atoms with E-state index >= 15 is 0 Å². The molecule has 2 rings (SSSR count). The molecule has 0 fully saturated rings. The Kier molecular flexibility index (Phi) is 5.90. The van der Waals surface area contributed by atoms with Crippen LogP contribution in [0, 0.1) is 11.8 Å². The van der Waals surface area contributed by atoms with Crippen molar-refractivity contribution in [2.75, 3.05) is 5.75 Å². The first-order chi connectivity index (χ1) is 9.70. The maximum absolute atomic E-state index is 11.9. The summed E-state index contributed by atoms with van der Waals surface area (Å²) in [5, 5.41) is 0. The second kappa shape index (κ2) is 7.68. The number of rotatable bonds is 6. The van der Waals surface area contributed by atoms with Gasteiger partial charge < -0.3 is 0 Å². The Hall–Kier alpha value is -1.02. The third-order valence-electron chi connectivity index (χ3n) is 4.15. The highest BCUT2D eigenvalue weighted by Crippen LogP contribution is 2.34. The first kappa shape index (κ1) is 15.4. The standard InChI is InChI=1S/C18H24OS/c1-3-7-16(13-20-17-8-5-4-6-9-17)15-11-10-14(2)18(19)12-15/h4-6,8-10,15-16H,3,7,11-13H2,1-2H3. The van der Waals surface area contributed by atoms with Crippen LogP contribution in [-0.2, 0) is 4.79 Å². The van der Waals surface area contributed by atoms with Crippen LogP contribution in [0.25, 0.3) is 0 Å². The molecule has 0 aliphatic heterocycles. The Labute approximate surface area is 126 Å². The molecular formula is C18H24OS. The number of carbonyl (C=O) groups excluding carboxylic acids is 1. The predicted molar refractivity (Wildman–Crippen MR) is 87.1 cm³/mol. The largest absolute Gasteiger partial charge is 0.295 e. The van der Waals surface area contributed by atoms with Gasteiger partial charge in [-0.2, -0.15) is 0 Å². The lowest BCUT2D eigenvalue weighted by molar-refractivity contribution is -0.117. The molecule has 1 aromatic rings. The SMILES string of the molecule is CCCC(CSc1ccccc1)C1CC=C(C)C(=O)C1. The van der Waals surface area contributed by atoms with Gasteiger partial charge in [-0.25, -0.2) is 0 Å². The number of Topliss-reactive ketones (excluding diaryl/α,β-unsaturated/α-hetero) is 1. The second-order valence-corrected chi connectivity index (χ2v) is 6.78. The molecule has 20 heavy (non-hydrogen) atoms. The summed E-state index contributed by atoms with van der Waals surface area (Å²) in [4.78, 5) is 13.2. The van der Waals surface area contributed by atoms with E-state index in [2.05, 4.69) is 43.3 Å². The van der Waals surface area contributed by atoms with Crippen molar-refractivity contribution >= 4 is 17.5 Å². The zero-order valence-corrected chi connectivity index (χ0v) is 13.3. The van der Waals surface area contributed by atoms with E-state index in [1.807, 2.05) is 18.7 Å². The summed E-state index contributed by atoms with van der Waals surface area (Å²) in [7, 11) is 0. The molecule has 1 aromatic carbocycles. The summed E-state index contributed by atoms with van der Waals surface area (Å²) in [6.45, 7) is 4.19. The molecule has 0 heterocycles. The number of carbonyl (C=O) groups is 1. The third-order valence-corrected chi connectivity index (χ3v) is 5.35. The number of allylic oxidation sites excluding steroid dienone is 2. The van der Waals surface area contributed by atoms with Crippen LogP contribution in [0.15, 0.2) is 46.9 Å². The third kappa shape index (κ3) is 4.24. The van der Waals surface area contributed by atoms with E-state index in [4.69, 9.17) is 0 Å². The van der Waals surface area contributed by atoms with Crippen molar-refractivity contribution in [2.45, 2.75) is 44.4 Å². The Morgan fingerprint density at radius 1 is 1.30 bits per heavy atom. The maximum Gasteiger partial charge on any atom is 0.158 e. The van der Waals surface area contributed by atoms with Crippen LogP contribution >= 0.6 is 11.8 Å². The molecular weight excluding hydrogens is 264 g/mol. The first-order valence-electron chi connectivity index (χ1n) is 7.58. The number of hydrogen-bond acceptors (Lipinski definition) is 2. The zero-order chi connectivity index (χ0) is 14.4. The molecule has 2 atom stereocenters. The average molecular weight is 288 g/mol. The molecule has 0 spiro atoms. The van der Waals surface area contributed by atoms with Crippen molar-refractivity contribution < 1.29 is 4.79 Å². The van der Waals surface area contributed by atoms with Gasteiger partial charge >= 0.3 is 0 Å². The maximum atomic E-state index is 11.9. The second-order valence-electron chi connectivity index (χ2n) is 5.68. The Balaban J connectivity index is 1.95. The van der Waals surface area contributed by atoms with Gasteiger partial charge in [0.05, 0.1) is 0 Å².